The minimum atomic E-state index is -0.250. The van der Waals surface area contributed by atoms with E-state index in [9.17, 15) is 10.1 Å². The van der Waals surface area contributed by atoms with Gasteiger partial charge in [-0.2, -0.15) is 5.26 Å². The molecule has 0 fully saturated rings. The Morgan fingerprint density at radius 2 is 2.45 bits per heavy atom. The predicted molar refractivity (Wildman–Crippen MR) is 86.6 cm³/mol. The van der Waals surface area contributed by atoms with Crippen LogP contribution < -0.4 is 5.32 Å². The first kappa shape index (κ1) is 14.6. The fourth-order valence-corrected chi connectivity index (χ4v) is 4.02. The lowest BCUT2D eigenvalue weighted by atomic mass is 9.89. The standard InChI is InChI=1S/C17H16N2O2S/c1-11-4-6-13-14(10-18)17(22-15(13)9-11)19-16(20)7-5-12-3-2-8-21-12/h2-3,5,7-8,11H,4,6,9H2,1H3,(H,19,20)/b7-5-/t11-/m0/s1. The van der Waals surface area contributed by atoms with Gasteiger partial charge in [0.1, 0.15) is 16.8 Å². The van der Waals surface area contributed by atoms with Crippen LogP contribution in [-0.2, 0) is 17.6 Å². The van der Waals surface area contributed by atoms with Gasteiger partial charge in [0.15, 0.2) is 0 Å². The van der Waals surface area contributed by atoms with Crippen molar-refractivity contribution in [1.82, 2.24) is 0 Å². The van der Waals surface area contributed by atoms with Gasteiger partial charge in [0.05, 0.1) is 11.8 Å². The van der Waals surface area contributed by atoms with E-state index in [-0.39, 0.29) is 5.91 Å². The molecule has 2 heterocycles. The summed E-state index contributed by atoms with van der Waals surface area (Å²) >= 11 is 1.53. The predicted octanol–water partition coefficient (Wildman–Crippen LogP) is 3.99. The molecule has 1 atom stereocenters. The maximum atomic E-state index is 12.0. The third-order valence-electron chi connectivity index (χ3n) is 3.80. The highest BCUT2D eigenvalue weighted by Gasteiger charge is 2.24. The van der Waals surface area contributed by atoms with E-state index in [0.717, 1.165) is 24.8 Å². The summed E-state index contributed by atoms with van der Waals surface area (Å²) in [6.45, 7) is 2.22. The van der Waals surface area contributed by atoms with E-state index >= 15 is 0 Å². The Labute approximate surface area is 133 Å². The van der Waals surface area contributed by atoms with Gasteiger partial charge in [0.2, 0.25) is 5.91 Å². The zero-order chi connectivity index (χ0) is 15.5. The third-order valence-corrected chi connectivity index (χ3v) is 4.97. The van der Waals surface area contributed by atoms with Crippen molar-refractivity contribution in [1.29, 1.82) is 5.26 Å². The monoisotopic (exact) mass is 312 g/mol. The van der Waals surface area contributed by atoms with Crippen LogP contribution in [0, 0.1) is 17.2 Å². The molecule has 0 bridgehead atoms. The molecular weight excluding hydrogens is 296 g/mol. The number of nitrogens with one attached hydrogen (secondary N) is 1. The number of rotatable bonds is 3. The first-order valence-corrected chi connectivity index (χ1v) is 8.06. The number of carbonyl (C=O) groups excluding carboxylic acids is 1. The van der Waals surface area contributed by atoms with Crippen LogP contribution in [-0.4, -0.2) is 5.91 Å². The first-order chi connectivity index (χ1) is 10.7. The Balaban J connectivity index is 1.78. The zero-order valence-electron chi connectivity index (χ0n) is 12.3. The molecule has 1 aliphatic carbocycles. The van der Waals surface area contributed by atoms with Gasteiger partial charge in [-0.15, -0.1) is 11.3 Å². The van der Waals surface area contributed by atoms with Crippen LogP contribution >= 0.6 is 11.3 Å². The molecule has 2 aromatic heterocycles. The number of fused-ring (bicyclic) bond motifs is 1. The number of thiophene rings is 1. The minimum Gasteiger partial charge on any atom is -0.465 e. The van der Waals surface area contributed by atoms with Crippen LogP contribution in [0.15, 0.2) is 28.9 Å². The summed E-state index contributed by atoms with van der Waals surface area (Å²) in [6.07, 6.45) is 7.60. The molecule has 0 aromatic carbocycles. The highest BCUT2D eigenvalue weighted by molar-refractivity contribution is 7.16. The Hall–Kier alpha value is -2.32. The minimum absolute atomic E-state index is 0.250. The van der Waals surface area contributed by atoms with E-state index in [1.54, 1.807) is 24.5 Å². The molecule has 1 N–H and O–H groups in total. The largest absolute Gasteiger partial charge is 0.465 e. The number of carbonyl (C=O) groups is 1. The van der Waals surface area contributed by atoms with E-state index in [4.69, 9.17) is 4.42 Å². The number of amides is 1. The molecule has 3 rings (SSSR count). The number of furan rings is 1. The van der Waals surface area contributed by atoms with Crippen LogP contribution in [0.1, 0.15) is 35.1 Å². The van der Waals surface area contributed by atoms with Crippen molar-refractivity contribution in [3.63, 3.8) is 0 Å². The second kappa shape index (κ2) is 6.20. The van der Waals surface area contributed by atoms with E-state index < -0.39 is 0 Å². The van der Waals surface area contributed by atoms with E-state index in [2.05, 4.69) is 18.3 Å². The second-order valence-electron chi connectivity index (χ2n) is 5.51. The highest BCUT2D eigenvalue weighted by atomic mass is 32.1. The van der Waals surface area contributed by atoms with Gasteiger partial charge in [0, 0.05) is 11.0 Å². The maximum absolute atomic E-state index is 12.0. The lowest BCUT2D eigenvalue weighted by Gasteiger charge is -2.17. The molecule has 0 saturated carbocycles. The number of nitrogens with zero attached hydrogens (tertiary/aromatic N) is 1. The Kier molecular flexibility index (Phi) is 4.12. The Bertz CT molecular complexity index is 750. The van der Waals surface area contributed by atoms with Crippen molar-refractivity contribution in [3.05, 3.63) is 46.2 Å². The van der Waals surface area contributed by atoms with Gasteiger partial charge in [-0.05, 0) is 49.0 Å². The lowest BCUT2D eigenvalue weighted by Crippen LogP contribution is -2.10. The van der Waals surface area contributed by atoms with Crippen LogP contribution in [0.4, 0.5) is 5.00 Å². The average Bonchev–Trinajstić information content (AvgIpc) is 3.11. The lowest BCUT2D eigenvalue weighted by molar-refractivity contribution is -0.111. The molecule has 22 heavy (non-hydrogen) atoms. The van der Waals surface area contributed by atoms with Crippen molar-refractivity contribution in [3.8, 4) is 6.07 Å². The number of anilines is 1. The molecule has 1 aliphatic rings. The van der Waals surface area contributed by atoms with Gasteiger partial charge in [-0.25, -0.2) is 0 Å². The third kappa shape index (κ3) is 2.97. The summed E-state index contributed by atoms with van der Waals surface area (Å²) in [6, 6.07) is 5.78. The van der Waals surface area contributed by atoms with E-state index in [1.807, 2.05) is 0 Å². The van der Waals surface area contributed by atoms with Crippen LogP contribution in [0.2, 0.25) is 0 Å². The molecule has 5 heteroatoms. The van der Waals surface area contributed by atoms with Crippen molar-refractivity contribution in [2.75, 3.05) is 5.32 Å². The second-order valence-corrected chi connectivity index (χ2v) is 6.61. The molecule has 112 valence electrons. The summed E-state index contributed by atoms with van der Waals surface area (Å²) in [7, 11) is 0. The van der Waals surface area contributed by atoms with Gasteiger partial charge in [0.25, 0.3) is 0 Å². The fraction of sp³-hybridized carbons (Fsp3) is 0.294. The average molecular weight is 312 g/mol. The first-order valence-electron chi connectivity index (χ1n) is 7.24. The maximum Gasteiger partial charge on any atom is 0.249 e. The Morgan fingerprint density at radius 1 is 1.59 bits per heavy atom. The van der Waals surface area contributed by atoms with Crippen molar-refractivity contribution in [2.24, 2.45) is 5.92 Å². The molecular formula is C17H16N2O2S. The van der Waals surface area contributed by atoms with Crippen LogP contribution in [0.25, 0.3) is 6.08 Å². The van der Waals surface area contributed by atoms with Crippen molar-refractivity contribution < 1.29 is 9.21 Å². The van der Waals surface area contributed by atoms with Gasteiger partial charge >= 0.3 is 0 Å². The normalized spacial score (nSPS) is 17.2. The summed E-state index contributed by atoms with van der Waals surface area (Å²) in [5.74, 6) is 1.01. The summed E-state index contributed by atoms with van der Waals surface area (Å²) in [4.78, 5) is 13.2. The molecule has 4 nitrogen and oxygen atoms in total. The van der Waals surface area contributed by atoms with Gasteiger partial charge in [-0.3, -0.25) is 4.79 Å². The van der Waals surface area contributed by atoms with E-state index in [1.165, 1.54) is 22.3 Å². The SMILES string of the molecule is C[C@H]1CCc2c(sc(NC(=O)/C=C\c3ccco3)c2C#N)C1. The van der Waals surface area contributed by atoms with E-state index in [0.29, 0.717) is 22.2 Å². The molecule has 0 spiro atoms. The zero-order valence-corrected chi connectivity index (χ0v) is 13.1. The Morgan fingerprint density at radius 3 is 3.18 bits per heavy atom. The summed E-state index contributed by atoms with van der Waals surface area (Å²) < 4.78 is 5.14. The highest BCUT2D eigenvalue weighted by Crippen LogP contribution is 2.39. The number of nitriles is 1. The van der Waals surface area contributed by atoms with Gasteiger partial charge < -0.3 is 9.73 Å². The molecule has 2 aromatic rings. The number of hydrogen-bond acceptors (Lipinski definition) is 4. The molecule has 1 amide bonds. The molecule has 0 saturated heterocycles. The van der Waals surface area contributed by atoms with Crippen molar-refractivity contribution >= 4 is 28.3 Å². The topological polar surface area (TPSA) is 66.0 Å². The fourth-order valence-electron chi connectivity index (χ4n) is 2.65. The molecule has 0 unspecified atom stereocenters. The smallest absolute Gasteiger partial charge is 0.249 e. The number of hydrogen-bond donors (Lipinski definition) is 1. The summed E-state index contributed by atoms with van der Waals surface area (Å²) in [5, 5.41) is 12.9. The van der Waals surface area contributed by atoms with Gasteiger partial charge in [-0.1, -0.05) is 6.92 Å². The molecule has 0 aliphatic heterocycles. The van der Waals surface area contributed by atoms with Crippen molar-refractivity contribution in [2.45, 2.75) is 26.2 Å². The quantitative estimate of drug-likeness (QED) is 0.871. The molecule has 0 radical (unpaired) electrons. The van der Waals surface area contributed by atoms with Crippen LogP contribution in [0.5, 0.6) is 0 Å². The summed E-state index contributed by atoms with van der Waals surface area (Å²) in [5.41, 5.74) is 1.75. The van der Waals surface area contributed by atoms with Crippen LogP contribution in [0.3, 0.4) is 0 Å².